The van der Waals surface area contributed by atoms with Gasteiger partial charge in [0, 0.05) is 12.0 Å². The Morgan fingerprint density at radius 3 is 3.05 bits per heavy atom. The number of nitro groups is 1. The largest absolute Gasteiger partial charge is 0.492 e. The number of hydrogen-bond acceptors (Lipinski definition) is 6. The Morgan fingerprint density at radius 1 is 1.42 bits per heavy atom. The Hall–Kier alpha value is -2.70. The van der Waals surface area contributed by atoms with Crippen LogP contribution in [0, 0.1) is 10.1 Å². The molecule has 0 spiro atoms. The molecule has 19 heavy (non-hydrogen) atoms. The molecular formula is C12H10N4O3. The molecule has 0 saturated heterocycles. The zero-order chi connectivity index (χ0) is 13.4. The number of nitrogens with zero attached hydrogens (tertiary/aromatic N) is 3. The van der Waals surface area contributed by atoms with E-state index in [9.17, 15) is 10.1 Å². The monoisotopic (exact) mass is 258 g/mol. The fraction of sp³-hybridized carbons (Fsp3) is 0.167. The molecule has 1 aromatic carbocycles. The van der Waals surface area contributed by atoms with Crippen molar-refractivity contribution in [2.24, 2.45) is 0 Å². The van der Waals surface area contributed by atoms with Gasteiger partial charge in [-0.05, 0) is 11.6 Å². The molecule has 2 heterocycles. The van der Waals surface area contributed by atoms with Crippen LogP contribution in [-0.2, 0) is 6.42 Å². The van der Waals surface area contributed by atoms with Crippen LogP contribution in [0.3, 0.4) is 0 Å². The van der Waals surface area contributed by atoms with E-state index in [0.29, 0.717) is 17.9 Å². The zero-order valence-electron chi connectivity index (χ0n) is 9.87. The quantitative estimate of drug-likeness (QED) is 0.647. The smallest absolute Gasteiger partial charge is 0.313 e. The van der Waals surface area contributed by atoms with Crippen molar-refractivity contribution in [1.82, 2.24) is 9.97 Å². The molecule has 96 valence electrons. The molecule has 0 unspecified atom stereocenters. The number of nitrogens with two attached hydrogens (primary N) is 1. The molecule has 1 aromatic heterocycles. The molecule has 0 aliphatic carbocycles. The van der Waals surface area contributed by atoms with Crippen LogP contribution in [0.15, 0.2) is 24.4 Å². The van der Waals surface area contributed by atoms with Gasteiger partial charge in [0.1, 0.15) is 11.9 Å². The van der Waals surface area contributed by atoms with Gasteiger partial charge in [0.15, 0.2) is 5.69 Å². The summed E-state index contributed by atoms with van der Waals surface area (Å²) < 4.78 is 5.53. The van der Waals surface area contributed by atoms with Crippen molar-refractivity contribution in [3.05, 3.63) is 40.1 Å². The lowest BCUT2D eigenvalue weighted by molar-refractivity contribution is -0.384. The average Bonchev–Trinajstić information content (AvgIpc) is 2.86. The molecule has 0 fully saturated rings. The van der Waals surface area contributed by atoms with Crippen LogP contribution in [-0.4, -0.2) is 21.5 Å². The standard InChI is InChI=1S/C12H10N4O3/c13-12-14-6-9(16(17)18)10(15-12)8-3-1-2-7-4-5-19-11(7)8/h1-3,6H,4-5H2,(H2,13,14,15). The van der Waals surface area contributed by atoms with Gasteiger partial charge in [0.2, 0.25) is 5.95 Å². The lowest BCUT2D eigenvalue weighted by Crippen LogP contribution is -2.01. The number of ether oxygens (including phenoxy) is 1. The Morgan fingerprint density at radius 2 is 2.26 bits per heavy atom. The molecule has 3 rings (SSSR count). The minimum Gasteiger partial charge on any atom is -0.492 e. The van der Waals surface area contributed by atoms with E-state index in [1.807, 2.05) is 12.1 Å². The number of para-hydroxylation sites is 1. The maximum atomic E-state index is 11.1. The summed E-state index contributed by atoms with van der Waals surface area (Å²) in [5.41, 5.74) is 7.13. The van der Waals surface area contributed by atoms with Crippen molar-refractivity contribution in [1.29, 1.82) is 0 Å². The summed E-state index contributed by atoms with van der Waals surface area (Å²) in [4.78, 5) is 18.2. The number of nitrogen functional groups attached to an aromatic ring is 1. The summed E-state index contributed by atoms with van der Waals surface area (Å²) in [6, 6.07) is 5.49. The second-order valence-corrected chi connectivity index (χ2v) is 4.11. The summed E-state index contributed by atoms with van der Waals surface area (Å²) in [7, 11) is 0. The summed E-state index contributed by atoms with van der Waals surface area (Å²) >= 11 is 0. The maximum absolute atomic E-state index is 11.1. The second-order valence-electron chi connectivity index (χ2n) is 4.11. The normalized spacial score (nSPS) is 12.8. The van der Waals surface area contributed by atoms with Gasteiger partial charge < -0.3 is 10.5 Å². The average molecular weight is 258 g/mol. The van der Waals surface area contributed by atoms with E-state index in [4.69, 9.17) is 10.5 Å². The van der Waals surface area contributed by atoms with E-state index in [1.165, 1.54) is 0 Å². The Labute approximate surface area is 108 Å². The number of fused-ring (bicyclic) bond motifs is 1. The summed E-state index contributed by atoms with van der Waals surface area (Å²) in [6.07, 6.45) is 1.91. The van der Waals surface area contributed by atoms with Gasteiger partial charge in [-0.1, -0.05) is 12.1 Å². The van der Waals surface area contributed by atoms with E-state index in [1.54, 1.807) is 6.07 Å². The molecule has 2 N–H and O–H groups in total. The molecule has 0 atom stereocenters. The van der Waals surface area contributed by atoms with Crippen LogP contribution in [0.1, 0.15) is 5.56 Å². The Kier molecular flexibility index (Phi) is 2.52. The van der Waals surface area contributed by atoms with E-state index >= 15 is 0 Å². The van der Waals surface area contributed by atoms with E-state index in [-0.39, 0.29) is 17.3 Å². The molecule has 0 bridgehead atoms. The van der Waals surface area contributed by atoms with Crippen molar-refractivity contribution in [3.8, 4) is 17.0 Å². The highest BCUT2D eigenvalue weighted by molar-refractivity contribution is 5.76. The van der Waals surface area contributed by atoms with Crippen LogP contribution in [0.25, 0.3) is 11.3 Å². The Bertz CT molecular complexity index is 672. The highest BCUT2D eigenvalue weighted by Crippen LogP contribution is 2.39. The number of anilines is 1. The first kappa shape index (κ1) is 11.4. The molecule has 2 aromatic rings. The van der Waals surface area contributed by atoms with Crippen molar-refractivity contribution in [3.63, 3.8) is 0 Å². The minimum atomic E-state index is -0.525. The van der Waals surface area contributed by atoms with Gasteiger partial charge in [-0.2, -0.15) is 0 Å². The number of rotatable bonds is 2. The van der Waals surface area contributed by atoms with Gasteiger partial charge in [0.25, 0.3) is 0 Å². The van der Waals surface area contributed by atoms with E-state index in [2.05, 4.69) is 9.97 Å². The third-order valence-corrected chi connectivity index (χ3v) is 2.95. The van der Waals surface area contributed by atoms with Crippen LogP contribution < -0.4 is 10.5 Å². The van der Waals surface area contributed by atoms with Crippen molar-refractivity contribution >= 4 is 11.6 Å². The molecule has 0 amide bonds. The molecule has 7 heteroatoms. The zero-order valence-corrected chi connectivity index (χ0v) is 9.87. The molecule has 1 aliphatic rings. The summed E-state index contributed by atoms with van der Waals surface area (Å²) in [6.45, 7) is 0.570. The van der Waals surface area contributed by atoms with Crippen molar-refractivity contribution in [2.75, 3.05) is 12.3 Å². The Balaban J connectivity index is 2.25. The van der Waals surface area contributed by atoms with Gasteiger partial charge in [-0.15, -0.1) is 0 Å². The van der Waals surface area contributed by atoms with E-state index < -0.39 is 4.92 Å². The van der Waals surface area contributed by atoms with Gasteiger partial charge in [-0.25, -0.2) is 9.97 Å². The first-order chi connectivity index (χ1) is 9.16. The van der Waals surface area contributed by atoms with Crippen LogP contribution in [0.5, 0.6) is 5.75 Å². The third-order valence-electron chi connectivity index (χ3n) is 2.95. The van der Waals surface area contributed by atoms with Crippen LogP contribution >= 0.6 is 0 Å². The van der Waals surface area contributed by atoms with Gasteiger partial charge in [0.05, 0.1) is 11.5 Å². The fourth-order valence-electron chi connectivity index (χ4n) is 2.12. The lowest BCUT2D eigenvalue weighted by Gasteiger charge is -2.07. The van der Waals surface area contributed by atoms with Crippen molar-refractivity contribution in [2.45, 2.75) is 6.42 Å². The fourth-order valence-corrected chi connectivity index (χ4v) is 2.12. The highest BCUT2D eigenvalue weighted by Gasteiger charge is 2.24. The SMILES string of the molecule is Nc1ncc([N+](=O)[O-])c(-c2cccc3c2OCC3)n1. The van der Waals surface area contributed by atoms with Crippen LogP contribution in [0.2, 0.25) is 0 Å². The third kappa shape index (κ3) is 1.85. The first-order valence-corrected chi connectivity index (χ1v) is 5.69. The minimum absolute atomic E-state index is 0.00352. The maximum Gasteiger partial charge on any atom is 0.313 e. The second kappa shape index (κ2) is 4.20. The van der Waals surface area contributed by atoms with Gasteiger partial charge >= 0.3 is 5.69 Å². The molecule has 1 aliphatic heterocycles. The number of benzene rings is 1. The highest BCUT2D eigenvalue weighted by atomic mass is 16.6. The number of hydrogen-bond donors (Lipinski definition) is 1. The predicted molar refractivity (Wildman–Crippen MR) is 67.7 cm³/mol. The van der Waals surface area contributed by atoms with Crippen molar-refractivity contribution < 1.29 is 9.66 Å². The predicted octanol–water partition coefficient (Wildman–Crippen LogP) is 1.57. The molecule has 7 nitrogen and oxygen atoms in total. The molecule has 0 radical (unpaired) electrons. The topological polar surface area (TPSA) is 104 Å². The van der Waals surface area contributed by atoms with Crippen LogP contribution in [0.4, 0.5) is 11.6 Å². The molecule has 0 saturated carbocycles. The summed E-state index contributed by atoms with van der Waals surface area (Å²) in [5.74, 6) is 0.639. The lowest BCUT2D eigenvalue weighted by atomic mass is 10.0. The molecular weight excluding hydrogens is 248 g/mol. The van der Waals surface area contributed by atoms with E-state index in [0.717, 1.165) is 18.2 Å². The summed E-state index contributed by atoms with van der Waals surface area (Å²) in [5, 5.41) is 11.1. The first-order valence-electron chi connectivity index (χ1n) is 5.69. The van der Waals surface area contributed by atoms with Gasteiger partial charge in [-0.3, -0.25) is 10.1 Å². The number of aromatic nitrogens is 2.